The van der Waals surface area contributed by atoms with Crippen molar-refractivity contribution in [2.45, 2.75) is 70.7 Å². The van der Waals surface area contributed by atoms with Gasteiger partial charge in [0.15, 0.2) is 0 Å². The van der Waals surface area contributed by atoms with E-state index in [-0.39, 0.29) is 36.9 Å². The van der Waals surface area contributed by atoms with E-state index in [1.807, 2.05) is 16.9 Å². The van der Waals surface area contributed by atoms with Crippen LogP contribution in [0.3, 0.4) is 0 Å². The normalized spacial score (nSPS) is 27.6. The van der Waals surface area contributed by atoms with E-state index in [1.165, 1.54) is 11.3 Å². The second kappa shape index (κ2) is 7.72. The maximum atomic E-state index is 12.9. The van der Waals surface area contributed by atoms with E-state index in [1.54, 1.807) is 12.1 Å². The lowest BCUT2D eigenvalue weighted by molar-refractivity contribution is -0.136. The van der Waals surface area contributed by atoms with Crippen LogP contribution in [0.5, 0.6) is 5.75 Å². The Balaban J connectivity index is 1.29. The molecular formula is C23H27N5O4. The molecule has 2 aliphatic heterocycles. The lowest BCUT2D eigenvalue weighted by Crippen LogP contribution is -2.52. The molecule has 5 rings (SSSR count). The smallest absolute Gasteiger partial charge is 0.255 e. The van der Waals surface area contributed by atoms with E-state index in [4.69, 9.17) is 4.74 Å². The van der Waals surface area contributed by atoms with Gasteiger partial charge in [-0.15, -0.1) is 5.10 Å². The summed E-state index contributed by atoms with van der Waals surface area (Å²) in [7, 11) is 0. The van der Waals surface area contributed by atoms with Crippen molar-refractivity contribution >= 4 is 17.7 Å². The van der Waals surface area contributed by atoms with Crippen LogP contribution in [0.15, 0.2) is 24.4 Å². The average molecular weight is 438 g/mol. The van der Waals surface area contributed by atoms with Crippen LogP contribution in [0, 0.1) is 5.92 Å². The summed E-state index contributed by atoms with van der Waals surface area (Å²) < 4.78 is 8.00. The third-order valence-electron chi connectivity index (χ3n) is 6.97. The van der Waals surface area contributed by atoms with Gasteiger partial charge in [-0.2, -0.15) is 0 Å². The second-order valence-corrected chi connectivity index (χ2v) is 9.47. The minimum absolute atomic E-state index is 0.00642. The number of carbonyl (C=O) groups is 3. The SMILES string of the molecule is CC1CCC(C)(n2cc(COc3cccc4c3CN(C3CCC(=O)NC3=O)C4=O)nn2)C1. The number of amides is 3. The largest absolute Gasteiger partial charge is 0.487 e. The quantitative estimate of drug-likeness (QED) is 0.719. The number of imide groups is 1. The van der Waals surface area contributed by atoms with Crippen LogP contribution >= 0.6 is 0 Å². The summed E-state index contributed by atoms with van der Waals surface area (Å²) in [5.41, 5.74) is 2.01. The zero-order chi connectivity index (χ0) is 22.5. The molecule has 2 aromatic rings. The molecule has 3 amide bonds. The fraction of sp³-hybridized carbons (Fsp3) is 0.522. The van der Waals surface area contributed by atoms with Crippen LogP contribution in [-0.2, 0) is 28.3 Å². The minimum Gasteiger partial charge on any atom is -0.487 e. The number of ether oxygens (including phenoxy) is 1. The number of nitrogens with zero attached hydrogens (tertiary/aromatic N) is 4. The highest BCUT2D eigenvalue weighted by molar-refractivity contribution is 6.05. The second-order valence-electron chi connectivity index (χ2n) is 9.47. The number of hydrogen-bond acceptors (Lipinski definition) is 6. The number of rotatable bonds is 5. The van der Waals surface area contributed by atoms with Gasteiger partial charge in [-0.3, -0.25) is 19.7 Å². The number of fused-ring (bicyclic) bond motifs is 1. The maximum absolute atomic E-state index is 12.9. The zero-order valence-corrected chi connectivity index (χ0v) is 18.3. The van der Waals surface area contributed by atoms with E-state index in [0.29, 0.717) is 23.7 Å². The number of carbonyl (C=O) groups excluding carboxylic acids is 3. The van der Waals surface area contributed by atoms with Gasteiger partial charge >= 0.3 is 0 Å². The predicted octanol–water partition coefficient (Wildman–Crippen LogP) is 2.15. The van der Waals surface area contributed by atoms with Crippen molar-refractivity contribution in [3.05, 3.63) is 41.2 Å². The van der Waals surface area contributed by atoms with Gasteiger partial charge in [-0.25, -0.2) is 4.68 Å². The van der Waals surface area contributed by atoms with Gasteiger partial charge in [0.05, 0.1) is 18.3 Å². The fourth-order valence-corrected chi connectivity index (χ4v) is 5.19. The molecule has 0 spiro atoms. The summed E-state index contributed by atoms with van der Waals surface area (Å²) in [6.45, 7) is 5.00. The Labute approximate surface area is 186 Å². The molecule has 32 heavy (non-hydrogen) atoms. The summed E-state index contributed by atoms with van der Waals surface area (Å²) >= 11 is 0. The van der Waals surface area contributed by atoms with Crippen LogP contribution in [0.2, 0.25) is 0 Å². The van der Waals surface area contributed by atoms with Crippen LogP contribution in [-0.4, -0.2) is 43.7 Å². The summed E-state index contributed by atoms with van der Waals surface area (Å²) in [6.07, 6.45) is 5.87. The van der Waals surface area contributed by atoms with Crippen molar-refractivity contribution in [3.63, 3.8) is 0 Å². The van der Waals surface area contributed by atoms with Crippen molar-refractivity contribution in [2.75, 3.05) is 0 Å². The maximum Gasteiger partial charge on any atom is 0.255 e. The van der Waals surface area contributed by atoms with Crippen molar-refractivity contribution in [3.8, 4) is 5.75 Å². The summed E-state index contributed by atoms with van der Waals surface area (Å²) in [5.74, 6) is 0.348. The van der Waals surface area contributed by atoms with Crippen molar-refractivity contribution in [2.24, 2.45) is 5.92 Å². The molecule has 3 aliphatic rings. The molecule has 9 heteroatoms. The Hall–Kier alpha value is -3.23. The molecule has 9 nitrogen and oxygen atoms in total. The Morgan fingerprint density at radius 3 is 2.84 bits per heavy atom. The molecule has 168 valence electrons. The first kappa shape index (κ1) is 20.7. The molecule has 2 fully saturated rings. The van der Waals surface area contributed by atoms with E-state index in [0.717, 1.165) is 24.1 Å². The Kier molecular flexibility index (Phi) is 4.98. The molecule has 1 aliphatic carbocycles. The highest BCUT2D eigenvalue weighted by Gasteiger charge is 2.40. The van der Waals surface area contributed by atoms with Crippen LogP contribution in [0.4, 0.5) is 0 Å². The van der Waals surface area contributed by atoms with Crippen LogP contribution in [0.1, 0.15) is 67.6 Å². The first-order valence-electron chi connectivity index (χ1n) is 11.1. The summed E-state index contributed by atoms with van der Waals surface area (Å²) in [4.78, 5) is 38.2. The van der Waals surface area contributed by atoms with Gasteiger partial charge < -0.3 is 9.64 Å². The van der Waals surface area contributed by atoms with Crippen molar-refractivity contribution in [1.82, 2.24) is 25.2 Å². The highest BCUT2D eigenvalue weighted by Crippen LogP contribution is 2.39. The predicted molar refractivity (Wildman–Crippen MR) is 114 cm³/mol. The zero-order valence-electron chi connectivity index (χ0n) is 18.3. The van der Waals surface area contributed by atoms with Gasteiger partial charge in [0.25, 0.3) is 5.91 Å². The Morgan fingerprint density at radius 2 is 2.09 bits per heavy atom. The fourth-order valence-electron chi connectivity index (χ4n) is 5.19. The number of hydrogen-bond donors (Lipinski definition) is 1. The van der Waals surface area contributed by atoms with Gasteiger partial charge in [-0.05, 0) is 50.7 Å². The van der Waals surface area contributed by atoms with Crippen LogP contribution < -0.4 is 10.1 Å². The van der Waals surface area contributed by atoms with Gasteiger partial charge in [0, 0.05) is 17.5 Å². The van der Waals surface area contributed by atoms with Crippen molar-refractivity contribution in [1.29, 1.82) is 0 Å². The van der Waals surface area contributed by atoms with E-state index >= 15 is 0 Å². The molecule has 1 saturated heterocycles. The molecule has 3 unspecified atom stereocenters. The molecule has 0 radical (unpaired) electrons. The third kappa shape index (κ3) is 3.55. The van der Waals surface area contributed by atoms with E-state index in [9.17, 15) is 14.4 Å². The van der Waals surface area contributed by atoms with Gasteiger partial charge in [0.1, 0.15) is 24.1 Å². The Bertz CT molecular complexity index is 1100. The van der Waals surface area contributed by atoms with Crippen molar-refractivity contribution < 1.29 is 19.1 Å². The lowest BCUT2D eigenvalue weighted by Gasteiger charge is -2.29. The number of nitrogens with one attached hydrogen (secondary N) is 1. The third-order valence-corrected chi connectivity index (χ3v) is 6.97. The number of piperidine rings is 1. The molecular weight excluding hydrogens is 410 g/mol. The topological polar surface area (TPSA) is 106 Å². The van der Waals surface area contributed by atoms with Crippen LogP contribution in [0.25, 0.3) is 0 Å². The van der Waals surface area contributed by atoms with Gasteiger partial charge in [-0.1, -0.05) is 18.2 Å². The number of aromatic nitrogens is 3. The highest BCUT2D eigenvalue weighted by atomic mass is 16.5. The Morgan fingerprint density at radius 1 is 1.25 bits per heavy atom. The van der Waals surface area contributed by atoms with E-state index < -0.39 is 11.9 Å². The molecule has 1 aromatic carbocycles. The summed E-state index contributed by atoms with van der Waals surface area (Å²) in [6, 6.07) is 4.70. The lowest BCUT2D eigenvalue weighted by atomic mass is 9.99. The molecule has 0 bridgehead atoms. The molecule has 3 atom stereocenters. The monoisotopic (exact) mass is 437 g/mol. The summed E-state index contributed by atoms with van der Waals surface area (Å²) in [5, 5.41) is 11.0. The average Bonchev–Trinajstić information content (AvgIpc) is 3.46. The first-order chi connectivity index (χ1) is 15.3. The minimum atomic E-state index is -0.644. The first-order valence-corrected chi connectivity index (χ1v) is 11.1. The molecule has 1 N–H and O–H groups in total. The molecule has 1 aromatic heterocycles. The standard InChI is InChI=1S/C23H27N5O4/c1-14-8-9-23(2,10-14)28-11-15(25-26-28)13-32-19-5-3-4-16-17(19)12-27(22(16)31)18-6-7-20(29)24-21(18)30/h3-5,11,14,18H,6-10,12-13H2,1-2H3,(H,24,29,30). The van der Waals surface area contributed by atoms with E-state index in [2.05, 4.69) is 29.5 Å². The van der Waals surface area contributed by atoms with Gasteiger partial charge in [0.2, 0.25) is 11.8 Å². The molecule has 1 saturated carbocycles. The number of benzene rings is 1. The molecule has 3 heterocycles.